The quantitative estimate of drug-likeness (QED) is 0.263. The summed E-state index contributed by atoms with van der Waals surface area (Å²) in [6.45, 7) is 6.28. The molecule has 1 heterocycles. The molecule has 0 amide bonds. The van der Waals surface area contributed by atoms with Crippen molar-refractivity contribution in [3.63, 3.8) is 0 Å². The first-order chi connectivity index (χ1) is 9.17. The summed E-state index contributed by atoms with van der Waals surface area (Å²) in [7, 11) is 0. The average molecular weight is 270 g/mol. The van der Waals surface area contributed by atoms with Crippen molar-refractivity contribution in [2.45, 2.75) is 51.2 Å². The number of epoxide rings is 1. The SMILES string of the molecule is C=CC(=O)OC(CC)CCCCCOC(=O)C1CO1. The normalized spacial score (nSPS) is 18.5. The number of hydrogen-bond donors (Lipinski definition) is 0. The van der Waals surface area contributed by atoms with Gasteiger partial charge >= 0.3 is 11.9 Å². The predicted molar refractivity (Wildman–Crippen MR) is 69.5 cm³/mol. The van der Waals surface area contributed by atoms with Crippen molar-refractivity contribution in [1.29, 1.82) is 0 Å². The Kier molecular flexibility index (Phi) is 7.18. The first-order valence-corrected chi connectivity index (χ1v) is 6.78. The Labute approximate surface area is 113 Å². The van der Waals surface area contributed by atoms with Crippen LogP contribution in [0, 0.1) is 0 Å². The van der Waals surface area contributed by atoms with Crippen LogP contribution in [0.2, 0.25) is 0 Å². The van der Waals surface area contributed by atoms with Crippen molar-refractivity contribution in [3.8, 4) is 0 Å². The van der Waals surface area contributed by atoms with E-state index in [1.165, 1.54) is 6.08 Å². The standard InChI is InChI=1S/C14H22O5/c1-3-11(19-13(15)4-2)8-6-5-7-9-17-14(16)12-10-18-12/h4,11-12H,2-3,5-10H2,1H3. The molecule has 0 saturated carbocycles. The Bertz CT molecular complexity index is 309. The van der Waals surface area contributed by atoms with Gasteiger partial charge in [0, 0.05) is 6.08 Å². The highest BCUT2D eigenvalue weighted by Crippen LogP contribution is 2.13. The van der Waals surface area contributed by atoms with Crippen molar-refractivity contribution in [3.05, 3.63) is 12.7 Å². The Morgan fingerprint density at radius 2 is 2.16 bits per heavy atom. The number of hydrogen-bond acceptors (Lipinski definition) is 5. The molecule has 0 N–H and O–H groups in total. The highest BCUT2D eigenvalue weighted by molar-refractivity contribution is 5.81. The van der Waals surface area contributed by atoms with Gasteiger partial charge in [-0.2, -0.15) is 0 Å². The summed E-state index contributed by atoms with van der Waals surface area (Å²) in [5, 5.41) is 0. The third kappa shape index (κ3) is 6.96. The minimum absolute atomic E-state index is 0.0482. The van der Waals surface area contributed by atoms with Crippen molar-refractivity contribution in [2.24, 2.45) is 0 Å². The van der Waals surface area contributed by atoms with Crippen LogP contribution in [0.15, 0.2) is 12.7 Å². The number of carbonyl (C=O) groups is 2. The van der Waals surface area contributed by atoms with E-state index in [0.29, 0.717) is 13.2 Å². The number of esters is 2. The number of rotatable bonds is 10. The molecule has 2 unspecified atom stereocenters. The molecule has 108 valence electrons. The highest BCUT2D eigenvalue weighted by Gasteiger charge is 2.32. The van der Waals surface area contributed by atoms with Crippen LogP contribution in [-0.4, -0.2) is 37.4 Å². The smallest absolute Gasteiger partial charge is 0.337 e. The molecular formula is C14H22O5. The fourth-order valence-corrected chi connectivity index (χ4v) is 1.66. The molecule has 0 aliphatic carbocycles. The summed E-state index contributed by atoms with van der Waals surface area (Å²) >= 11 is 0. The first-order valence-electron chi connectivity index (χ1n) is 6.78. The Hall–Kier alpha value is -1.36. The molecule has 0 aromatic carbocycles. The Balaban J connectivity index is 1.97. The van der Waals surface area contributed by atoms with Gasteiger partial charge in [0.05, 0.1) is 13.2 Å². The van der Waals surface area contributed by atoms with Gasteiger partial charge in [0.1, 0.15) is 6.10 Å². The summed E-state index contributed by atoms with van der Waals surface area (Å²) < 4.78 is 15.0. The lowest BCUT2D eigenvalue weighted by molar-refractivity contribution is -0.145. The van der Waals surface area contributed by atoms with Crippen molar-refractivity contribution < 1.29 is 23.8 Å². The van der Waals surface area contributed by atoms with Crippen LogP contribution in [-0.2, 0) is 23.8 Å². The monoisotopic (exact) mass is 270 g/mol. The summed E-state index contributed by atoms with van der Waals surface area (Å²) in [5.41, 5.74) is 0. The molecule has 5 nitrogen and oxygen atoms in total. The van der Waals surface area contributed by atoms with E-state index in [-0.39, 0.29) is 24.1 Å². The second-order valence-electron chi connectivity index (χ2n) is 4.51. The van der Waals surface area contributed by atoms with E-state index in [2.05, 4.69) is 6.58 Å². The summed E-state index contributed by atoms with van der Waals surface area (Å²) in [5.74, 6) is -0.628. The molecule has 1 fully saturated rings. The van der Waals surface area contributed by atoms with E-state index >= 15 is 0 Å². The van der Waals surface area contributed by atoms with Crippen LogP contribution in [0.25, 0.3) is 0 Å². The Morgan fingerprint density at radius 3 is 2.74 bits per heavy atom. The fourth-order valence-electron chi connectivity index (χ4n) is 1.66. The summed E-state index contributed by atoms with van der Waals surface area (Å²) in [4.78, 5) is 22.2. The van der Waals surface area contributed by atoms with Gasteiger partial charge in [-0.05, 0) is 32.1 Å². The minimum atomic E-state index is -0.370. The molecule has 0 radical (unpaired) electrons. The lowest BCUT2D eigenvalue weighted by atomic mass is 10.1. The molecule has 1 aliphatic rings. The van der Waals surface area contributed by atoms with Crippen LogP contribution in [0.5, 0.6) is 0 Å². The van der Waals surface area contributed by atoms with Gasteiger partial charge in [-0.3, -0.25) is 0 Å². The largest absolute Gasteiger partial charge is 0.464 e. The molecule has 0 aromatic rings. The zero-order chi connectivity index (χ0) is 14.1. The van der Waals surface area contributed by atoms with E-state index in [4.69, 9.17) is 14.2 Å². The number of ether oxygens (including phenoxy) is 3. The summed E-state index contributed by atoms with van der Waals surface area (Å²) in [6, 6.07) is 0. The molecule has 1 saturated heterocycles. The molecule has 19 heavy (non-hydrogen) atoms. The molecule has 1 rings (SSSR count). The average Bonchev–Trinajstić information content (AvgIpc) is 3.25. The third-order valence-electron chi connectivity index (χ3n) is 2.92. The second-order valence-corrected chi connectivity index (χ2v) is 4.51. The third-order valence-corrected chi connectivity index (χ3v) is 2.92. The van der Waals surface area contributed by atoms with Crippen molar-refractivity contribution in [2.75, 3.05) is 13.2 Å². The van der Waals surface area contributed by atoms with Crippen LogP contribution < -0.4 is 0 Å². The maximum atomic E-state index is 11.1. The van der Waals surface area contributed by atoms with E-state index in [9.17, 15) is 9.59 Å². The van der Waals surface area contributed by atoms with Crippen molar-refractivity contribution >= 4 is 11.9 Å². The lowest BCUT2D eigenvalue weighted by Gasteiger charge is -2.14. The Morgan fingerprint density at radius 1 is 1.42 bits per heavy atom. The molecular weight excluding hydrogens is 248 g/mol. The minimum Gasteiger partial charge on any atom is -0.464 e. The van der Waals surface area contributed by atoms with E-state index in [1.54, 1.807) is 0 Å². The van der Waals surface area contributed by atoms with Crippen LogP contribution >= 0.6 is 0 Å². The lowest BCUT2D eigenvalue weighted by Crippen LogP contribution is -2.16. The van der Waals surface area contributed by atoms with Gasteiger partial charge < -0.3 is 14.2 Å². The zero-order valence-corrected chi connectivity index (χ0v) is 11.4. The van der Waals surface area contributed by atoms with Gasteiger partial charge in [-0.1, -0.05) is 13.5 Å². The fraction of sp³-hybridized carbons (Fsp3) is 0.714. The van der Waals surface area contributed by atoms with Gasteiger partial charge in [-0.15, -0.1) is 0 Å². The van der Waals surface area contributed by atoms with Crippen LogP contribution in [0.3, 0.4) is 0 Å². The van der Waals surface area contributed by atoms with Crippen LogP contribution in [0.4, 0.5) is 0 Å². The molecule has 2 atom stereocenters. The predicted octanol–water partition coefficient (Wildman–Crippen LogP) is 2.00. The molecule has 5 heteroatoms. The van der Waals surface area contributed by atoms with E-state index in [1.807, 2.05) is 6.92 Å². The molecule has 1 aliphatic heterocycles. The van der Waals surface area contributed by atoms with Gasteiger partial charge in [0.2, 0.25) is 0 Å². The maximum absolute atomic E-state index is 11.1. The molecule has 0 spiro atoms. The molecule has 0 aromatic heterocycles. The second kappa shape index (κ2) is 8.69. The number of carbonyl (C=O) groups excluding carboxylic acids is 2. The van der Waals surface area contributed by atoms with Crippen LogP contribution in [0.1, 0.15) is 39.0 Å². The van der Waals surface area contributed by atoms with Gasteiger partial charge in [-0.25, -0.2) is 9.59 Å². The number of unbranched alkanes of at least 4 members (excludes halogenated alkanes) is 2. The summed E-state index contributed by atoms with van der Waals surface area (Å²) in [6.07, 6.45) is 5.16. The highest BCUT2D eigenvalue weighted by atomic mass is 16.6. The van der Waals surface area contributed by atoms with E-state index < -0.39 is 0 Å². The van der Waals surface area contributed by atoms with Crippen molar-refractivity contribution in [1.82, 2.24) is 0 Å². The van der Waals surface area contributed by atoms with Gasteiger partial charge in [0.15, 0.2) is 6.10 Å². The molecule has 0 bridgehead atoms. The topological polar surface area (TPSA) is 65.1 Å². The zero-order valence-electron chi connectivity index (χ0n) is 11.4. The van der Waals surface area contributed by atoms with E-state index in [0.717, 1.165) is 32.1 Å². The van der Waals surface area contributed by atoms with Gasteiger partial charge in [0.25, 0.3) is 0 Å². The maximum Gasteiger partial charge on any atom is 0.337 e. The first kappa shape index (κ1) is 15.7.